The van der Waals surface area contributed by atoms with Crippen LogP contribution in [0.5, 0.6) is 0 Å². The van der Waals surface area contributed by atoms with E-state index in [9.17, 15) is 14.0 Å². The zero-order chi connectivity index (χ0) is 14.7. The summed E-state index contributed by atoms with van der Waals surface area (Å²) in [5, 5.41) is 2.75. The molecule has 108 valence electrons. The van der Waals surface area contributed by atoms with Gasteiger partial charge in [-0.2, -0.15) is 0 Å². The Morgan fingerprint density at radius 2 is 2.00 bits per heavy atom. The molecular weight excluding hydrogens is 259 g/mol. The number of hydrogen-bond donors (Lipinski definition) is 1. The van der Waals surface area contributed by atoms with Crippen LogP contribution in [0.4, 0.5) is 10.1 Å². The molecule has 0 aromatic heterocycles. The smallest absolute Gasteiger partial charge is 0.254 e. The Labute approximate surface area is 118 Å². The molecule has 5 heteroatoms. The van der Waals surface area contributed by atoms with Crippen LogP contribution in [0.1, 0.15) is 30.6 Å². The minimum atomic E-state index is -0.636. The lowest BCUT2D eigenvalue weighted by atomic mass is 10.0. The highest BCUT2D eigenvalue weighted by molar-refractivity contribution is 6.10. The molecule has 2 amide bonds. The van der Waals surface area contributed by atoms with Crippen molar-refractivity contribution in [3.63, 3.8) is 0 Å². The summed E-state index contributed by atoms with van der Waals surface area (Å²) in [7, 11) is 0. The summed E-state index contributed by atoms with van der Waals surface area (Å²) < 4.78 is 12.8. The van der Waals surface area contributed by atoms with Gasteiger partial charge in [-0.15, -0.1) is 0 Å². The molecule has 1 aromatic rings. The molecule has 0 bridgehead atoms. The van der Waals surface area contributed by atoms with Crippen LogP contribution >= 0.6 is 0 Å². The van der Waals surface area contributed by atoms with Gasteiger partial charge in [-0.1, -0.05) is 26.0 Å². The second-order valence-electron chi connectivity index (χ2n) is 5.35. The lowest BCUT2D eigenvalue weighted by Gasteiger charge is -2.25. The first kappa shape index (κ1) is 14.5. The Morgan fingerprint density at radius 1 is 1.30 bits per heavy atom. The maximum Gasteiger partial charge on any atom is 0.254 e. The number of anilines is 1. The summed E-state index contributed by atoms with van der Waals surface area (Å²) in [4.78, 5) is 26.1. The van der Waals surface area contributed by atoms with Crippen molar-refractivity contribution in [2.24, 2.45) is 5.92 Å². The van der Waals surface area contributed by atoms with E-state index in [1.807, 2.05) is 13.8 Å². The van der Waals surface area contributed by atoms with Crippen molar-refractivity contribution < 1.29 is 14.0 Å². The molecule has 1 N–H and O–H groups in total. The molecule has 0 aliphatic carbocycles. The molecule has 1 aromatic carbocycles. The van der Waals surface area contributed by atoms with Gasteiger partial charge in [0.1, 0.15) is 12.7 Å². The quantitative estimate of drug-likeness (QED) is 0.917. The van der Waals surface area contributed by atoms with Gasteiger partial charge in [0.2, 0.25) is 5.91 Å². The zero-order valence-corrected chi connectivity index (χ0v) is 11.7. The molecule has 2 rings (SSSR count). The molecule has 1 atom stereocenters. The van der Waals surface area contributed by atoms with E-state index < -0.39 is 12.7 Å². The third-order valence-corrected chi connectivity index (χ3v) is 3.32. The van der Waals surface area contributed by atoms with Crippen LogP contribution < -0.4 is 10.2 Å². The van der Waals surface area contributed by atoms with Crippen LogP contribution in [0, 0.1) is 5.92 Å². The maximum absolute atomic E-state index is 12.8. The average Bonchev–Trinajstić information content (AvgIpc) is 2.50. The van der Waals surface area contributed by atoms with E-state index in [0.29, 0.717) is 17.7 Å². The Hall–Kier alpha value is -1.91. The third kappa shape index (κ3) is 2.81. The second-order valence-corrected chi connectivity index (χ2v) is 5.35. The number of halogens is 1. The van der Waals surface area contributed by atoms with Crippen LogP contribution in [0.3, 0.4) is 0 Å². The molecular formula is C15H19FN2O2. The van der Waals surface area contributed by atoms with Crippen LogP contribution in [0.15, 0.2) is 24.3 Å². The van der Waals surface area contributed by atoms with E-state index in [2.05, 4.69) is 5.32 Å². The number of alkyl halides is 1. The molecule has 0 spiro atoms. The van der Waals surface area contributed by atoms with Crippen LogP contribution in [0.2, 0.25) is 0 Å². The predicted molar refractivity (Wildman–Crippen MR) is 75.5 cm³/mol. The van der Waals surface area contributed by atoms with Gasteiger partial charge >= 0.3 is 0 Å². The first-order valence-corrected chi connectivity index (χ1v) is 6.81. The van der Waals surface area contributed by atoms with Crippen LogP contribution in [-0.4, -0.2) is 31.1 Å². The van der Waals surface area contributed by atoms with E-state index in [4.69, 9.17) is 0 Å². The highest BCUT2D eigenvalue weighted by Gasteiger charge is 2.33. The van der Waals surface area contributed by atoms with Crippen LogP contribution in [0.25, 0.3) is 0 Å². The Bertz CT molecular complexity index is 516. The number of carbonyl (C=O) groups excluding carboxylic acids is 2. The van der Waals surface area contributed by atoms with Gasteiger partial charge in [0.05, 0.1) is 17.8 Å². The molecule has 1 heterocycles. The fourth-order valence-electron chi connectivity index (χ4n) is 2.45. The summed E-state index contributed by atoms with van der Waals surface area (Å²) >= 11 is 0. The molecule has 1 unspecified atom stereocenters. The number of nitrogens with one attached hydrogen (secondary N) is 1. The van der Waals surface area contributed by atoms with Gasteiger partial charge in [0.25, 0.3) is 5.91 Å². The number of carbonyl (C=O) groups is 2. The molecule has 0 saturated heterocycles. The minimum Gasteiger partial charge on any atom is -0.340 e. The fourth-order valence-corrected chi connectivity index (χ4v) is 2.45. The Morgan fingerprint density at radius 3 is 2.65 bits per heavy atom. The topological polar surface area (TPSA) is 49.4 Å². The number of amides is 2. The second kappa shape index (κ2) is 6.03. The summed E-state index contributed by atoms with van der Waals surface area (Å²) in [5.41, 5.74) is 0.902. The Kier molecular flexibility index (Phi) is 4.37. The normalized spacial score (nSPS) is 18.8. The number of fused-ring (bicyclic) bond motifs is 1. The molecule has 0 fully saturated rings. The number of nitrogens with zero attached hydrogens (tertiary/aromatic N) is 1. The van der Waals surface area contributed by atoms with Gasteiger partial charge in [0, 0.05) is 0 Å². The van der Waals surface area contributed by atoms with Crippen molar-refractivity contribution in [3.8, 4) is 0 Å². The van der Waals surface area contributed by atoms with Crippen molar-refractivity contribution >= 4 is 17.5 Å². The van der Waals surface area contributed by atoms with Crippen molar-refractivity contribution in [2.45, 2.75) is 26.3 Å². The lowest BCUT2D eigenvalue weighted by molar-refractivity contribution is -0.120. The monoisotopic (exact) mass is 278 g/mol. The van der Waals surface area contributed by atoms with E-state index in [1.165, 1.54) is 4.90 Å². The largest absolute Gasteiger partial charge is 0.340 e. The molecule has 1 aliphatic heterocycles. The Balaban J connectivity index is 2.42. The predicted octanol–water partition coefficient (Wildman–Crippen LogP) is 2.15. The third-order valence-electron chi connectivity index (χ3n) is 3.32. The highest BCUT2D eigenvalue weighted by Crippen LogP contribution is 2.25. The average molecular weight is 278 g/mol. The standard InChI is InChI=1S/C15H19FN2O2/c1-10(2)9-12-15(20)18(8-7-16)13-6-4-3-5-11(13)14(19)17-12/h3-6,10,12H,7-9H2,1-2H3,(H,17,19). The first-order valence-electron chi connectivity index (χ1n) is 6.81. The molecule has 4 nitrogen and oxygen atoms in total. The van der Waals surface area contributed by atoms with Gasteiger partial charge in [-0.25, -0.2) is 4.39 Å². The maximum atomic E-state index is 12.8. The van der Waals surface area contributed by atoms with Crippen molar-refractivity contribution in [1.29, 1.82) is 0 Å². The zero-order valence-electron chi connectivity index (χ0n) is 11.7. The van der Waals surface area contributed by atoms with Gasteiger partial charge in [-0.3, -0.25) is 9.59 Å². The molecule has 0 saturated carbocycles. The number of para-hydroxylation sites is 1. The van der Waals surface area contributed by atoms with Crippen molar-refractivity contribution in [3.05, 3.63) is 29.8 Å². The lowest BCUT2D eigenvalue weighted by Crippen LogP contribution is -2.47. The molecule has 20 heavy (non-hydrogen) atoms. The fraction of sp³-hybridized carbons (Fsp3) is 0.467. The minimum absolute atomic E-state index is 0.0284. The van der Waals surface area contributed by atoms with Gasteiger partial charge < -0.3 is 10.2 Å². The van der Waals surface area contributed by atoms with Crippen LogP contribution in [-0.2, 0) is 4.79 Å². The molecule has 0 radical (unpaired) electrons. The van der Waals surface area contributed by atoms with E-state index in [-0.39, 0.29) is 24.3 Å². The summed E-state index contributed by atoms with van der Waals surface area (Å²) in [6.07, 6.45) is 0.543. The van der Waals surface area contributed by atoms with Gasteiger partial charge in [-0.05, 0) is 24.5 Å². The summed E-state index contributed by atoms with van der Waals surface area (Å²) in [6, 6.07) is 6.22. The van der Waals surface area contributed by atoms with E-state index in [1.54, 1.807) is 24.3 Å². The SMILES string of the molecule is CC(C)CC1NC(=O)c2ccccc2N(CCF)C1=O. The van der Waals surface area contributed by atoms with Crippen molar-refractivity contribution in [1.82, 2.24) is 5.32 Å². The summed E-state index contributed by atoms with van der Waals surface area (Å²) in [6.45, 7) is 3.30. The number of benzene rings is 1. The van der Waals surface area contributed by atoms with Gasteiger partial charge in [0.15, 0.2) is 0 Å². The highest BCUT2D eigenvalue weighted by atomic mass is 19.1. The van der Waals surface area contributed by atoms with Crippen molar-refractivity contribution in [2.75, 3.05) is 18.1 Å². The van der Waals surface area contributed by atoms with E-state index >= 15 is 0 Å². The molecule has 1 aliphatic rings. The van der Waals surface area contributed by atoms with E-state index in [0.717, 1.165) is 0 Å². The number of hydrogen-bond acceptors (Lipinski definition) is 2. The first-order chi connectivity index (χ1) is 9.54. The number of rotatable bonds is 4. The summed E-state index contributed by atoms with van der Waals surface area (Å²) in [5.74, 6) is -0.256.